The van der Waals surface area contributed by atoms with E-state index < -0.39 is 4.92 Å². The number of nitrogens with one attached hydrogen (secondary N) is 1. The molecule has 1 atom stereocenters. The minimum absolute atomic E-state index is 0.0406. The Morgan fingerprint density at radius 3 is 2.37 bits per heavy atom. The summed E-state index contributed by atoms with van der Waals surface area (Å²) >= 11 is 12.4. The molecule has 144 valence electrons. The Morgan fingerprint density at radius 1 is 1.15 bits per heavy atom. The molecule has 2 aromatic rings. The molecule has 0 saturated heterocycles. The van der Waals surface area contributed by atoms with E-state index in [1.165, 1.54) is 18.2 Å². The highest BCUT2D eigenvalue weighted by molar-refractivity contribution is 6.34. The lowest BCUT2D eigenvalue weighted by Gasteiger charge is -2.31. The van der Waals surface area contributed by atoms with Crippen molar-refractivity contribution in [1.82, 2.24) is 10.2 Å². The van der Waals surface area contributed by atoms with Gasteiger partial charge in [0.15, 0.2) is 0 Å². The van der Waals surface area contributed by atoms with Gasteiger partial charge in [-0.05, 0) is 30.8 Å². The van der Waals surface area contributed by atoms with Crippen molar-refractivity contribution in [3.8, 4) is 0 Å². The summed E-state index contributed by atoms with van der Waals surface area (Å²) in [5, 5.41) is 14.4. The van der Waals surface area contributed by atoms with Gasteiger partial charge in [0.1, 0.15) is 0 Å². The summed E-state index contributed by atoms with van der Waals surface area (Å²) in [6, 6.07) is 11.2. The number of halogens is 2. The summed E-state index contributed by atoms with van der Waals surface area (Å²) in [4.78, 5) is 25.0. The van der Waals surface area contributed by atoms with E-state index in [0.29, 0.717) is 11.6 Å². The molecule has 0 aliphatic heterocycles. The normalized spacial score (nSPS) is 12.0. The van der Waals surface area contributed by atoms with Gasteiger partial charge in [-0.25, -0.2) is 0 Å². The number of carbonyl (C=O) groups excluding carboxylic acids is 1. The Hall–Kier alpha value is -2.15. The highest BCUT2D eigenvalue weighted by Gasteiger charge is 2.22. The molecule has 0 aliphatic carbocycles. The van der Waals surface area contributed by atoms with Gasteiger partial charge < -0.3 is 5.32 Å². The molecule has 0 fully saturated rings. The summed E-state index contributed by atoms with van der Waals surface area (Å²) in [5.41, 5.74) is 0.964. The fraction of sp³-hybridized carbons (Fsp3) is 0.316. The number of hydrogen-bond donors (Lipinski definition) is 1. The van der Waals surface area contributed by atoms with Crippen LogP contribution in [-0.2, 0) is 0 Å². The Morgan fingerprint density at radius 2 is 1.81 bits per heavy atom. The second kappa shape index (κ2) is 9.69. The molecular weight excluding hydrogens is 389 g/mol. The number of nitro groups is 1. The largest absolute Gasteiger partial charge is 0.350 e. The maximum Gasteiger partial charge on any atom is 0.270 e. The first-order valence-electron chi connectivity index (χ1n) is 8.59. The summed E-state index contributed by atoms with van der Waals surface area (Å²) in [5.74, 6) is -0.390. The number of carbonyl (C=O) groups is 1. The molecule has 1 N–H and O–H groups in total. The topological polar surface area (TPSA) is 75.5 Å². The van der Waals surface area contributed by atoms with Crippen LogP contribution in [0.4, 0.5) is 5.69 Å². The molecular formula is C19H21Cl2N3O3. The molecule has 0 heterocycles. The highest BCUT2D eigenvalue weighted by Crippen LogP contribution is 2.27. The third-order valence-corrected chi connectivity index (χ3v) is 5.04. The zero-order valence-corrected chi connectivity index (χ0v) is 16.6. The van der Waals surface area contributed by atoms with Gasteiger partial charge in [0, 0.05) is 23.7 Å². The summed E-state index contributed by atoms with van der Waals surface area (Å²) in [6.45, 7) is 6.00. The van der Waals surface area contributed by atoms with Gasteiger partial charge in [-0.3, -0.25) is 19.8 Å². The molecule has 0 spiro atoms. The van der Waals surface area contributed by atoms with Crippen LogP contribution < -0.4 is 5.32 Å². The van der Waals surface area contributed by atoms with Crippen molar-refractivity contribution in [1.29, 1.82) is 0 Å². The molecule has 1 amide bonds. The van der Waals surface area contributed by atoms with Crippen LogP contribution in [0.5, 0.6) is 0 Å². The first kappa shape index (κ1) is 21.2. The molecule has 0 aliphatic rings. The van der Waals surface area contributed by atoms with E-state index in [9.17, 15) is 14.9 Å². The van der Waals surface area contributed by atoms with Crippen LogP contribution in [0.2, 0.25) is 10.0 Å². The van der Waals surface area contributed by atoms with E-state index >= 15 is 0 Å². The number of nitrogens with zero attached hydrogens (tertiary/aromatic N) is 2. The quantitative estimate of drug-likeness (QED) is 0.505. The van der Waals surface area contributed by atoms with Crippen molar-refractivity contribution < 1.29 is 9.72 Å². The minimum Gasteiger partial charge on any atom is -0.350 e. The monoisotopic (exact) mass is 409 g/mol. The predicted octanol–water partition coefficient (Wildman–Crippen LogP) is 4.71. The van der Waals surface area contributed by atoms with E-state index in [0.717, 1.165) is 18.7 Å². The van der Waals surface area contributed by atoms with E-state index in [2.05, 4.69) is 10.2 Å². The Kier molecular flexibility index (Phi) is 7.59. The van der Waals surface area contributed by atoms with Crippen LogP contribution >= 0.6 is 23.2 Å². The molecule has 0 bridgehead atoms. The molecule has 2 rings (SSSR count). The zero-order chi connectivity index (χ0) is 20.0. The van der Waals surface area contributed by atoms with Gasteiger partial charge >= 0.3 is 0 Å². The molecule has 0 unspecified atom stereocenters. The van der Waals surface area contributed by atoms with Crippen molar-refractivity contribution >= 4 is 34.8 Å². The average Bonchev–Trinajstić information content (AvgIpc) is 2.65. The van der Waals surface area contributed by atoms with Crippen LogP contribution in [-0.4, -0.2) is 35.4 Å². The molecule has 6 nitrogen and oxygen atoms in total. The third-order valence-electron chi connectivity index (χ3n) is 4.38. The molecule has 0 aromatic heterocycles. The van der Waals surface area contributed by atoms with Crippen LogP contribution in [0.15, 0.2) is 42.5 Å². The zero-order valence-electron chi connectivity index (χ0n) is 15.1. The standard InChI is InChI=1S/C19H21Cl2N3O3/c1-3-23(4-2)18(14-7-5-6-8-16(14)20)12-22-19(25)15-10-9-13(24(26)27)11-17(15)21/h5-11,18H,3-4,12H2,1-2H3,(H,22,25)/t18-/m0/s1. The van der Waals surface area contributed by atoms with Crippen molar-refractivity contribution in [2.45, 2.75) is 19.9 Å². The lowest BCUT2D eigenvalue weighted by Crippen LogP contribution is -2.38. The summed E-state index contributed by atoms with van der Waals surface area (Å²) < 4.78 is 0. The number of likely N-dealkylation sites (N-methyl/N-ethyl adjacent to an activating group) is 1. The number of hydrogen-bond acceptors (Lipinski definition) is 4. The van der Waals surface area contributed by atoms with Gasteiger partial charge in [0.05, 0.1) is 21.6 Å². The molecule has 2 aromatic carbocycles. The van der Waals surface area contributed by atoms with E-state index in [1.54, 1.807) is 0 Å². The third kappa shape index (κ3) is 5.19. The maximum absolute atomic E-state index is 12.5. The van der Waals surface area contributed by atoms with Crippen LogP contribution in [0.1, 0.15) is 35.8 Å². The van der Waals surface area contributed by atoms with Crippen molar-refractivity contribution in [3.05, 3.63) is 73.8 Å². The lowest BCUT2D eigenvalue weighted by molar-refractivity contribution is -0.384. The van der Waals surface area contributed by atoms with Crippen molar-refractivity contribution in [2.24, 2.45) is 0 Å². The fourth-order valence-corrected chi connectivity index (χ4v) is 3.45. The summed E-state index contributed by atoms with van der Waals surface area (Å²) in [6.07, 6.45) is 0. The van der Waals surface area contributed by atoms with Gasteiger partial charge in [-0.15, -0.1) is 0 Å². The van der Waals surface area contributed by atoms with E-state index in [-0.39, 0.29) is 28.2 Å². The van der Waals surface area contributed by atoms with Crippen molar-refractivity contribution in [3.63, 3.8) is 0 Å². The minimum atomic E-state index is -0.554. The number of nitro benzene ring substituents is 1. The number of benzene rings is 2. The van der Waals surface area contributed by atoms with E-state index in [1.807, 2.05) is 38.1 Å². The molecule has 27 heavy (non-hydrogen) atoms. The average molecular weight is 410 g/mol. The number of non-ortho nitro benzene ring substituents is 1. The van der Waals surface area contributed by atoms with Crippen LogP contribution in [0, 0.1) is 10.1 Å². The smallest absolute Gasteiger partial charge is 0.270 e. The van der Waals surface area contributed by atoms with Gasteiger partial charge in [-0.1, -0.05) is 55.2 Å². The second-order valence-corrected chi connectivity index (χ2v) is 6.70. The first-order chi connectivity index (χ1) is 12.9. The van der Waals surface area contributed by atoms with Crippen molar-refractivity contribution in [2.75, 3.05) is 19.6 Å². The Balaban J connectivity index is 2.20. The highest BCUT2D eigenvalue weighted by atomic mass is 35.5. The van der Waals surface area contributed by atoms with Crippen LogP contribution in [0.25, 0.3) is 0 Å². The fourth-order valence-electron chi connectivity index (χ4n) is 2.93. The molecule has 0 radical (unpaired) electrons. The first-order valence-corrected chi connectivity index (χ1v) is 9.35. The second-order valence-electron chi connectivity index (χ2n) is 5.89. The predicted molar refractivity (Wildman–Crippen MR) is 108 cm³/mol. The molecule has 0 saturated carbocycles. The van der Waals surface area contributed by atoms with E-state index in [4.69, 9.17) is 23.2 Å². The van der Waals surface area contributed by atoms with Gasteiger partial charge in [0.2, 0.25) is 0 Å². The lowest BCUT2D eigenvalue weighted by atomic mass is 10.0. The Bertz CT molecular complexity index is 826. The number of amides is 1. The number of rotatable bonds is 8. The Labute approximate surface area is 168 Å². The van der Waals surface area contributed by atoms with Crippen LogP contribution in [0.3, 0.4) is 0 Å². The SMILES string of the molecule is CCN(CC)[C@@H](CNC(=O)c1ccc([N+](=O)[O-])cc1Cl)c1ccccc1Cl. The summed E-state index contributed by atoms with van der Waals surface area (Å²) in [7, 11) is 0. The molecule has 8 heteroatoms. The maximum atomic E-state index is 12.5. The van der Waals surface area contributed by atoms with Gasteiger partial charge in [-0.2, -0.15) is 0 Å². The van der Waals surface area contributed by atoms with Gasteiger partial charge in [0.25, 0.3) is 11.6 Å².